The zero-order valence-corrected chi connectivity index (χ0v) is 26.2. The number of carbonyl (C=O) groups excluding carboxylic acids is 1. The Labute approximate surface area is 230 Å². The van der Waals surface area contributed by atoms with Gasteiger partial charge in [-0.05, 0) is 107 Å². The number of aryl methyl sites for hydroxylation is 1. The van der Waals surface area contributed by atoms with Gasteiger partial charge in [-0.15, -0.1) is 6.58 Å². The smallest absolute Gasteiger partial charge is 0.227 e. The summed E-state index contributed by atoms with van der Waals surface area (Å²) in [5.74, 6) is 2.04. The molecule has 3 atom stereocenters. The van der Waals surface area contributed by atoms with Gasteiger partial charge in [0.2, 0.25) is 5.91 Å². The summed E-state index contributed by atoms with van der Waals surface area (Å²) in [6.45, 7) is 24.9. The maximum Gasteiger partial charge on any atom is 0.227 e. The Bertz CT molecular complexity index is 759. The number of hydrogen-bond donors (Lipinski definition) is 1. The second kappa shape index (κ2) is 17.3. The van der Waals surface area contributed by atoms with E-state index in [0.717, 1.165) is 36.6 Å². The van der Waals surface area contributed by atoms with Crippen LogP contribution in [0, 0.1) is 17.3 Å². The van der Waals surface area contributed by atoms with Crippen LogP contribution in [-0.4, -0.2) is 11.4 Å². The number of halogens is 1. The summed E-state index contributed by atoms with van der Waals surface area (Å²) in [4.78, 5) is 13.1. The maximum absolute atomic E-state index is 13.1. The largest absolute Gasteiger partial charge is 0.351 e. The van der Waals surface area contributed by atoms with Crippen molar-refractivity contribution in [2.24, 2.45) is 17.3 Å². The minimum atomic E-state index is -0.151. The molecule has 36 heavy (non-hydrogen) atoms. The lowest BCUT2D eigenvalue weighted by molar-refractivity contribution is -0.152. The molecule has 0 spiro atoms. The second-order valence-corrected chi connectivity index (χ2v) is 11.5. The summed E-state index contributed by atoms with van der Waals surface area (Å²) in [6, 6.07) is 6.25. The monoisotopic (exact) mass is 519 g/mol. The first kappa shape index (κ1) is 34.7. The first-order valence-electron chi connectivity index (χ1n) is 14.8. The molecule has 0 radical (unpaired) electrons. The number of rotatable bonds is 8. The fraction of sp³-hybridized carbons (Fsp3) is 0.727. The topological polar surface area (TPSA) is 29.1 Å². The third-order valence-electron chi connectivity index (χ3n) is 7.48. The lowest BCUT2D eigenvalue weighted by atomic mass is 9.51. The summed E-state index contributed by atoms with van der Waals surface area (Å²) in [5.41, 5.74) is 2.65. The molecular weight excluding hydrogens is 462 g/mol. The molecule has 0 heterocycles. The van der Waals surface area contributed by atoms with Crippen LogP contribution in [0.5, 0.6) is 0 Å². The number of allylic oxidation sites excluding steroid dienone is 1. The molecule has 1 amide bonds. The Morgan fingerprint density at radius 1 is 1.14 bits per heavy atom. The van der Waals surface area contributed by atoms with E-state index < -0.39 is 0 Å². The summed E-state index contributed by atoms with van der Waals surface area (Å²) in [5, 5.41) is 4.15. The molecule has 3 unspecified atom stereocenters. The molecule has 0 saturated heterocycles. The zero-order chi connectivity index (χ0) is 27.9. The molecule has 1 saturated carbocycles. The highest BCUT2D eigenvalue weighted by molar-refractivity contribution is 6.30. The van der Waals surface area contributed by atoms with Crippen LogP contribution in [0.15, 0.2) is 30.9 Å². The summed E-state index contributed by atoms with van der Waals surface area (Å²) in [6.07, 6.45) is 12.3. The van der Waals surface area contributed by atoms with Crippen molar-refractivity contribution in [3.8, 4) is 0 Å². The fourth-order valence-electron chi connectivity index (χ4n) is 5.82. The van der Waals surface area contributed by atoms with Crippen LogP contribution in [0.2, 0.25) is 5.02 Å². The summed E-state index contributed by atoms with van der Waals surface area (Å²) < 4.78 is 0. The molecule has 2 aliphatic rings. The van der Waals surface area contributed by atoms with Gasteiger partial charge in [0.25, 0.3) is 0 Å². The fourth-order valence-corrected chi connectivity index (χ4v) is 6.02. The van der Waals surface area contributed by atoms with Gasteiger partial charge < -0.3 is 5.32 Å². The van der Waals surface area contributed by atoms with Crippen LogP contribution in [0.4, 0.5) is 0 Å². The summed E-state index contributed by atoms with van der Waals surface area (Å²) >= 11 is 5.87. The molecule has 3 rings (SSSR count). The van der Waals surface area contributed by atoms with Crippen molar-refractivity contribution in [1.82, 2.24) is 5.32 Å². The number of nitrogens with one attached hydrogen (secondary N) is 1. The van der Waals surface area contributed by atoms with Crippen molar-refractivity contribution in [2.75, 3.05) is 0 Å². The van der Waals surface area contributed by atoms with Crippen LogP contribution >= 0.6 is 11.6 Å². The van der Waals surface area contributed by atoms with Crippen molar-refractivity contribution < 1.29 is 4.79 Å². The average molecular weight is 520 g/mol. The molecule has 0 bridgehead atoms. The number of carbonyl (C=O) groups is 1. The molecule has 1 N–H and O–H groups in total. The van der Waals surface area contributed by atoms with Gasteiger partial charge >= 0.3 is 0 Å². The van der Waals surface area contributed by atoms with Gasteiger partial charge in [-0.1, -0.05) is 85.1 Å². The van der Waals surface area contributed by atoms with Crippen LogP contribution in [0.25, 0.3) is 0 Å². The molecule has 3 heteroatoms. The van der Waals surface area contributed by atoms with Crippen LogP contribution in [0.1, 0.15) is 138 Å². The Hall–Kier alpha value is -1.28. The normalized spacial score (nSPS) is 21.9. The van der Waals surface area contributed by atoms with Crippen LogP contribution in [-0.2, 0) is 11.2 Å². The predicted molar refractivity (Wildman–Crippen MR) is 162 cm³/mol. The first-order valence-corrected chi connectivity index (χ1v) is 15.2. The molecule has 0 aliphatic heterocycles. The van der Waals surface area contributed by atoms with Crippen molar-refractivity contribution in [3.63, 3.8) is 0 Å². The van der Waals surface area contributed by atoms with E-state index in [1.807, 2.05) is 39.8 Å². The quantitative estimate of drug-likeness (QED) is 0.340. The van der Waals surface area contributed by atoms with E-state index in [1.165, 1.54) is 43.2 Å². The van der Waals surface area contributed by atoms with Gasteiger partial charge in [-0.3, -0.25) is 4.79 Å². The summed E-state index contributed by atoms with van der Waals surface area (Å²) in [7, 11) is 0. The van der Waals surface area contributed by atoms with Crippen LogP contribution in [0.3, 0.4) is 0 Å². The molecule has 1 aromatic carbocycles. The number of hydrogen-bond acceptors (Lipinski definition) is 1. The van der Waals surface area contributed by atoms with Crippen molar-refractivity contribution in [1.29, 1.82) is 0 Å². The Balaban J connectivity index is 0.000000679. The Morgan fingerprint density at radius 3 is 2.17 bits per heavy atom. The molecule has 2 aliphatic carbocycles. The van der Waals surface area contributed by atoms with E-state index in [0.29, 0.717) is 17.7 Å². The standard InChI is InChI=1S/C19H35NO.C10H11Cl.2C2H6/c1-7-10-15(11-8-2)19(14-13-16(19)12-9-3)17(21)20-18(4,5)6;1-7-2-3-8-6-9(11)4-5-10(7)8;2*1-2/h9,15-16H,3,7-8,10-14H2,1-2,4-6H3,(H,20,21);4-7H,2-3H2,1H3;2*1-2H3. The highest BCUT2D eigenvalue weighted by Gasteiger charge is 2.56. The van der Waals surface area contributed by atoms with Gasteiger partial charge in [0.1, 0.15) is 0 Å². The van der Waals surface area contributed by atoms with Crippen LogP contribution < -0.4 is 5.32 Å². The number of fused-ring (bicyclic) bond motifs is 1. The van der Waals surface area contributed by atoms with E-state index in [2.05, 4.69) is 65.6 Å². The third kappa shape index (κ3) is 9.55. The minimum Gasteiger partial charge on any atom is -0.351 e. The van der Waals surface area contributed by atoms with E-state index in [9.17, 15) is 4.79 Å². The highest BCUT2D eigenvalue weighted by Crippen LogP contribution is 2.56. The first-order chi connectivity index (χ1) is 17.1. The van der Waals surface area contributed by atoms with E-state index in [1.54, 1.807) is 0 Å². The molecule has 0 aromatic heterocycles. The van der Waals surface area contributed by atoms with E-state index in [-0.39, 0.29) is 11.0 Å². The Morgan fingerprint density at radius 2 is 1.72 bits per heavy atom. The lowest BCUT2D eigenvalue weighted by Crippen LogP contribution is -2.59. The highest BCUT2D eigenvalue weighted by atomic mass is 35.5. The SMILES string of the molecule is C=CCC1CCC1(C(=O)NC(C)(C)C)C(CCC)CCC.CC.CC.CC1CCc2cc(Cl)ccc21. The zero-order valence-electron chi connectivity index (χ0n) is 25.4. The average Bonchev–Trinajstić information content (AvgIpc) is 3.19. The van der Waals surface area contributed by atoms with Crippen molar-refractivity contribution in [2.45, 2.75) is 138 Å². The third-order valence-corrected chi connectivity index (χ3v) is 7.72. The molecular formula is C33H58ClNO. The maximum atomic E-state index is 13.1. The minimum absolute atomic E-state index is 0.145. The predicted octanol–water partition coefficient (Wildman–Crippen LogP) is 10.5. The molecule has 1 aromatic rings. The molecule has 208 valence electrons. The van der Waals surface area contributed by atoms with Gasteiger partial charge in [0.05, 0.1) is 5.41 Å². The van der Waals surface area contributed by atoms with Gasteiger partial charge in [0.15, 0.2) is 0 Å². The van der Waals surface area contributed by atoms with Crippen molar-refractivity contribution >= 4 is 17.5 Å². The van der Waals surface area contributed by atoms with E-state index >= 15 is 0 Å². The molecule has 1 fully saturated rings. The number of amides is 1. The Kier molecular flexibility index (Phi) is 16.7. The van der Waals surface area contributed by atoms with E-state index in [4.69, 9.17) is 11.6 Å². The molecule has 2 nitrogen and oxygen atoms in total. The second-order valence-electron chi connectivity index (χ2n) is 11.1. The van der Waals surface area contributed by atoms with Gasteiger partial charge in [-0.25, -0.2) is 0 Å². The lowest BCUT2D eigenvalue weighted by Gasteiger charge is -2.54. The van der Waals surface area contributed by atoms with Gasteiger partial charge in [0, 0.05) is 10.6 Å². The number of benzene rings is 1. The van der Waals surface area contributed by atoms with Crippen molar-refractivity contribution in [3.05, 3.63) is 47.0 Å². The van der Waals surface area contributed by atoms with Gasteiger partial charge in [-0.2, -0.15) is 0 Å².